The number of carbonyl (C=O) groups is 2. The molecule has 0 radical (unpaired) electrons. The molecule has 0 spiro atoms. The average molecular weight is 434 g/mol. The summed E-state index contributed by atoms with van der Waals surface area (Å²) in [4.78, 5) is 31.9. The minimum absolute atomic E-state index is 0.122. The Bertz CT molecular complexity index is 1070. The van der Waals surface area contributed by atoms with E-state index in [0.29, 0.717) is 17.1 Å². The molecule has 6 heteroatoms. The summed E-state index contributed by atoms with van der Waals surface area (Å²) < 4.78 is 0. The first-order valence-electron chi connectivity index (χ1n) is 10.5. The van der Waals surface area contributed by atoms with E-state index in [4.69, 9.17) is 11.6 Å². The lowest BCUT2D eigenvalue weighted by molar-refractivity contribution is 0.0787. The van der Waals surface area contributed by atoms with Crippen LogP contribution in [0, 0.1) is 0 Å². The molecular formula is C25H24ClN3O2. The minimum Gasteiger partial charge on any atom is -0.344 e. The lowest BCUT2D eigenvalue weighted by Crippen LogP contribution is -2.32. The van der Waals surface area contributed by atoms with Gasteiger partial charge in [-0.3, -0.25) is 9.59 Å². The Labute approximate surface area is 187 Å². The van der Waals surface area contributed by atoms with E-state index in [2.05, 4.69) is 10.3 Å². The van der Waals surface area contributed by atoms with Crippen molar-refractivity contribution in [1.82, 2.24) is 15.2 Å². The fourth-order valence-electron chi connectivity index (χ4n) is 3.82. The largest absolute Gasteiger partial charge is 0.344 e. The molecule has 1 aliphatic rings. The van der Waals surface area contributed by atoms with Gasteiger partial charge in [-0.2, -0.15) is 0 Å². The average Bonchev–Trinajstić information content (AvgIpc) is 3.35. The van der Waals surface area contributed by atoms with Gasteiger partial charge in [-0.15, -0.1) is 0 Å². The molecule has 0 aliphatic carbocycles. The van der Waals surface area contributed by atoms with Crippen molar-refractivity contribution in [3.63, 3.8) is 0 Å². The van der Waals surface area contributed by atoms with Crippen molar-refractivity contribution < 1.29 is 9.59 Å². The maximum atomic E-state index is 13.1. The topological polar surface area (TPSA) is 62.3 Å². The van der Waals surface area contributed by atoms with E-state index in [1.54, 1.807) is 23.1 Å². The van der Waals surface area contributed by atoms with Gasteiger partial charge >= 0.3 is 0 Å². The van der Waals surface area contributed by atoms with E-state index in [0.717, 1.165) is 37.1 Å². The molecule has 31 heavy (non-hydrogen) atoms. The van der Waals surface area contributed by atoms with Gasteiger partial charge in [-0.05, 0) is 48.6 Å². The molecule has 1 saturated heterocycles. The number of likely N-dealkylation sites (tertiary alicyclic amines) is 1. The van der Waals surface area contributed by atoms with E-state index in [1.165, 1.54) is 0 Å². The molecule has 1 aliphatic heterocycles. The number of halogens is 1. The minimum atomic E-state index is -0.322. The molecule has 4 rings (SSSR count). The summed E-state index contributed by atoms with van der Waals surface area (Å²) in [5, 5.41) is 3.74. The van der Waals surface area contributed by atoms with E-state index < -0.39 is 0 Å². The molecule has 1 aromatic heterocycles. The van der Waals surface area contributed by atoms with Crippen molar-refractivity contribution in [2.75, 3.05) is 13.1 Å². The standard InChI is InChI=1S/C25H24ClN3O2/c26-20-12-5-4-11-19(20)17-23(18-9-2-1-3-10-18)28-24(30)21-13-8-14-22(27-21)25(31)29-15-6-7-16-29/h1-5,8-14,23H,6-7,15-17H2,(H,28,30). The number of benzene rings is 2. The molecule has 3 aromatic rings. The molecule has 1 fully saturated rings. The highest BCUT2D eigenvalue weighted by Crippen LogP contribution is 2.24. The zero-order chi connectivity index (χ0) is 21.6. The van der Waals surface area contributed by atoms with Gasteiger partial charge in [0.15, 0.2) is 0 Å². The predicted octanol–water partition coefficient (Wildman–Crippen LogP) is 4.68. The summed E-state index contributed by atoms with van der Waals surface area (Å²) in [6.07, 6.45) is 2.56. The van der Waals surface area contributed by atoms with Crippen molar-refractivity contribution in [2.24, 2.45) is 0 Å². The van der Waals surface area contributed by atoms with Gasteiger partial charge in [0.25, 0.3) is 11.8 Å². The predicted molar refractivity (Wildman–Crippen MR) is 121 cm³/mol. The third-order valence-electron chi connectivity index (χ3n) is 5.48. The van der Waals surface area contributed by atoms with Gasteiger partial charge < -0.3 is 10.2 Å². The van der Waals surface area contributed by atoms with E-state index >= 15 is 0 Å². The van der Waals surface area contributed by atoms with Crippen molar-refractivity contribution in [3.8, 4) is 0 Å². The lowest BCUT2D eigenvalue weighted by atomic mass is 9.98. The molecule has 1 N–H and O–H groups in total. The van der Waals surface area contributed by atoms with Crippen LogP contribution in [0.4, 0.5) is 0 Å². The van der Waals surface area contributed by atoms with E-state index in [9.17, 15) is 9.59 Å². The number of aromatic nitrogens is 1. The Kier molecular flexibility index (Phi) is 6.63. The number of nitrogens with one attached hydrogen (secondary N) is 1. The highest BCUT2D eigenvalue weighted by molar-refractivity contribution is 6.31. The molecule has 2 amide bonds. The van der Waals surface area contributed by atoms with E-state index in [-0.39, 0.29) is 23.6 Å². The van der Waals surface area contributed by atoms with Crippen molar-refractivity contribution >= 4 is 23.4 Å². The van der Waals surface area contributed by atoms with Crippen molar-refractivity contribution in [3.05, 3.63) is 100 Å². The third kappa shape index (κ3) is 5.12. The Balaban J connectivity index is 1.55. The SMILES string of the molecule is O=C(NC(Cc1ccccc1Cl)c1ccccc1)c1cccc(C(=O)N2CCCC2)n1. The fourth-order valence-corrected chi connectivity index (χ4v) is 4.03. The van der Waals surface area contributed by atoms with Gasteiger partial charge in [0.1, 0.15) is 11.4 Å². The van der Waals surface area contributed by atoms with Crippen molar-refractivity contribution in [1.29, 1.82) is 0 Å². The molecule has 2 heterocycles. The van der Waals surface area contributed by atoms with Crippen LogP contribution in [0.2, 0.25) is 5.02 Å². The molecule has 1 unspecified atom stereocenters. The van der Waals surface area contributed by atoms with Gasteiger partial charge in [0.2, 0.25) is 0 Å². The van der Waals surface area contributed by atoms with Gasteiger partial charge in [-0.25, -0.2) is 4.98 Å². The van der Waals surface area contributed by atoms with Crippen LogP contribution in [0.5, 0.6) is 0 Å². The molecule has 0 saturated carbocycles. The van der Waals surface area contributed by atoms with Gasteiger partial charge in [-0.1, -0.05) is 66.2 Å². The summed E-state index contributed by atoms with van der Waals surface area (Å²) in [5.74, 6) is -0.445. The van der Waals surface area contributed by atoms with Crippen LogP contribution in [-0.4, -0.2) is 34.8 Å². The Hall–Kier alpha value is -3.18. The summed E-state index contributed by atoms with van der Waals surface area (Å²) in [6, 6.07) is 22.1. The Morgan fingerprint density at radius 3 is 2.32 bits per heavy atom. The third-order valence-corrected chi connectivity index (χ3v) is 5.85. The number of amides is 2. The molecule has 0 bridgehead atoms. The quantitative estimate of drug-likeness (QED) is 0.613. The monoisotopic (exact) mass is 433 g/mol. The second-order valence-corrected chi connectivity index (χ2v) is 8.05. The number of carbonyl (C=O) groups excluding carboxylic acids is 2. The Morgan fingerprint density at radius 1 is 0.903 bits per heavy atom. The van der Waals surface area contributed by atoms with Crippen LogP contribution in [0.3, 0.4) is 0 Å². The van der Waals surface area contributed by atoms with Crippen LogP contribution in [-0.2, 0) is 6.42 Å². The number of hydrogen-bond donors (Lipinski definition) is 1. The zero-order valence-corrected chi connectivity index (χ0v) is 17.9. The molecule has 158 valence electrons. The number of pyridine rings is 1. The first-order chi connectivity index (χ1) is 15.1. The van der Waals surface area contributed by atoms with Crippen LogP contribution >= 0.6 is 11.6 Å². The zero-order valence-electron chi connectivity index (χ0n) is 17.1. The Morgan fingerprint density at radius 2 is 1.58 bits per heavy atom. The summed E-state index contributed by atoms with van der Waals surface area (Å²) in [5.41, 5.74) is 2.45. The maximum absolute atomic E-state index is 13.1. The number of hydrogen-bond acceptors (Lipinski definition) is 3. The van der Waals surface area contributed by atoms with Crippen LogP contribution in [0.1, 0.15) is 51.0 Å². The van der Waals surface area contributed by atoms with Crippen LogP contribution in [0.15, 0.2) is 72.8 Å². The molecule has 1 atom stereocenters. The first-order valence-corrected chi connectivity index (χ1v) is 10.8. The second-order valence-electron chi connectivity index (χ2n) is 7.64. The van der Waals surface area contributed by atoms with Crippen LogP contribution in [0.25, 0.3) is 0 Å². The molecule has 5 nitrogen and oxygen atoms in total. The lowest BCUT2D eigenvalue weighted by Gasteiger charge is -2.20. The molecule has 2 aromatic carbocycles. The highest BCUT2D eigenvalue weighted by atomic mass is 35.5. The fraction of sp³-hybridized carbons (Fsp3) is 0.240. The van der Waals surface area contributed by atoms with Gasteiger partial charge in [0, 0.05) is 18.1 Å². The summed E-state index contributed by atoms with van der Waals surface area (Å²) in [7, 11) is 0. The second kappa shape index (κ2) is 9.75. The normalized spacial score (nSPS) is 14.3. The van der Waals surface area contributed by atoms with Crippen LogP contribution < -0.4 is 5.32 Å². The van der Waals surface area contributed by atoms with Crippen molar-refractivity contribution in [2.45, 2.75) is 25.3 Å². The van der Waals surface area contributed by atoms with Gasteiger partial charge in [0.05, 0.1) is 6.04 Å². The highest BCUT2D eigenvalue weighted by Gasteiger charge is 2.23. The number of nitrogens with zero attached hydrogens (tertiary/aromatic N) is 2. The summed E-state index contributed by atoms with van der Waals surface area (Å²) >= 11 is 6.36. The van der Waals surface area contributed by atoms with E-state index in [1.807, 2.05) is 54.6 Å². The summed E-state index contributed by atoms with van der Waals surface area (Å²) in [6.45, 7) is 1.48. The first kappa shape index (κ1) is 21.1. The number of rotatable bonds is 6. The molecular weight excluding hydrogens is 410 g/mol. The smallest absolute Gasteiger partial charge is 0.272 e. The maximum Gasteiger partial charge on any atom is 0.272 e.